The first-order valence-electron chi connectivity index (χ1n) is 9.78. The second-order valence-corrected chi connectivity index (χ2v) is 5.02. The van der Waals surface area contributed by atoms with Crippen molar-refractivity contribution in [3.8, 4) is 0 Å². The Morgan fingerprint density at radius 2 is 0.645 bits per heavy atom. The number of benzene rings is 2. The maximum Gasteiger partial charge on any atom is 0.336 e. The van der Waals surface area contributed by atoms with Gasteiger partial charge in [0, 0.05) is 0 Å². The highest BCUT2D eigenvalue weighted by atomic mass is 16.4. The molecule has 0 aliphatic carbocycles. The van der Waals surface area contributed by atoms with Crippen LogP contribution in [0.5, 0.6) is 0 Å². The van der Waals surface area contributed by atoms with Crippen molar-refractivity contribution < 1.29 is 39.6 Å². The van der Waals surface area contributed by atoms with Gasteiger partial charge in [0.2, 0.25) is 0 Å². The van der Waals surface area contributed by atoms with Crippen LogP contribution in [0.1, 0.15) is 89.4 Å². The minimum Gasteiger partial charge on any atom is -0.478 e. The topological polar surface area (TPSA) is 149 Å². The molecular formula is C23H32O8. The zero-order valence-electron chi connectivity index (χ0n) is 18.7. The van der Waals surface area contributed by atoms with Crippen molar-refractivity contribution in [3.05, 3.63) is 70.8 Å². The largest absolute Gasteiger partial charge is 0.478 e. The number of aromatic carboxylic acids is 4. The molecule has 0 aliphatic heterocycles. The highest BCUT2D eigenvalue weighted by molar-refractivity contribution is 6.02. The van der Waals surface area contributed by atoms with Crippen LogP contribution in [0.4, 0.5) is 0 Å². The summed E-state index contributed by atoms with van der Waals surface area (Å²) in [5.41, 5.74) is -0.759. The lowest BCUT2D eigenvalue weighted by molar-refractivity contribution is 0.0651. The number of rotatable bonds is 4. The summed E-state index contributed by atoms with van der Waals surface area (Å²) in [4.78, 5) is 41.9. The number of carbonyl (C=O) groups is 4. The van der Waals surface area contributed by atoms with Gasteiger partial charge >= 0.3 is 23.9 Å². The molecule has 0 heterocycles. The van der Waals surface area contributed by atoms with Crippen molar-refractivity contribution >= 4 is 23.9 Å². The van der Waals surface area contributed by atoms with Crippen molar-refractivity contribution in [1.29, 1.82) is 0 Å². The summed E-state index contributed by atoms with van der Waals surface area (Å²) in [6.07, 6.45) is 1.25. The van der Waals surface area contributed by atoms with E-state index < -0.39 is 23.9 Å². The van der Waals surface area contributed by atoms with E-state index in [-0.39, 0.29) is 22.3 Å². The molecule has 4 N–H and O–H groups in total. The molecule has 2 rings (SSSR count). The number of hydrogen-bond acceptors (Lipinski definition) is 4. The lowest BCUT2D eigenvalue weighted by atomic mass is 10.1. The first-order chi connectivity index (χ1) is 14.7. The summed E-state index contributed by atoms with van der Waals surface area (Å²) < 4.78 is 0. The van der Waals surface area contributed by atoms with Crippen LogP contribution in [-0.4, -0.2) is 44.3 Å². The van der Waals surface area contributed by atoms with Crippen LogP contribution in [0.15, 0.2) is 48.5 Å². The summed E-state index contributed by atoms with van der Waals surface area (Å²) >= 11 is 0. The molecule has 2 aromatic rings. The Balaban J connectivity index is -0.000000393. The van der Waals surface area contributed by atoms with Crippen LogP contribution in [0.3, 0.4) is 0 Å². The Morgan fingerprint density at radius 1 is 0.516 bits per heavy atom. The summed E-state index contributed by atoms with van der Waals surface area (Å²) in [6, 6.07) is 11.0. The molecule has 8 nitrogen and oxygen atoms in total. The molecule has 8 heteroatoms. The molecule has 0 amide bonds. The molecule has 31 heavy (non-hydrogen) atoms. The zero-order chi connectivity index (χ0) is 25.0. The van der Waals surface area contributed by atoms with Gasteiger partial charge < -0.3 is 20.4 Å². The first kappa shape index (κ1) is 32.0. The Hall–Kier alpha value is -3.68. The van der Waals surface area contributed by atoms with Gasteiger partial charge in [-0.2, -0.15) is 0 Å². The molecule has 0 bridgehead atoms. The number of hydrogen-bond donors (Lipinski definition) is 4. The van der Waals surface area contributed by atoms with Crippen molar-refractivity contribution in [3.63, 3.8) is 0 Å². The van der Waals surface area contributed by atoms with E-state index >= 15 is 0 Å². The Morgan fingerprint density at radius 3 is 0.742 bits per heavy atom. The van der Waals surface area contributed by atoms with Gasteiger partial charge in [-0.1, -0.05) is 72.2 Å². The van der Waals surface area contributed by atoms with E-state index in [1.165, 1.54) is 55.0 Å². The van der Waals surface area contributed by atoms with Gasteiger partial charge in [-0.25, -0.2) is 19.2 Å². The molecule has 0 aromatic heterocycles. The second kappa shape index (κ2) is 19.6. The summed E-state index contributed by atoms with van der Waals surface area (Å²) in [7, 11) is 0. The Labute approximate surface area is 182 Å². The van der Waals surface area contributed by atoms with Crippen LogP contribution in [-0.2, 0) is 0 Å². The van der Waals surface area contributed by atoms with Crippen LogP contribution in [0.25, 0.3) is 0 Å². The zero-order valence-corrected chi connectivity index (χ0v) is 18.7. The lowest BCUT2D eigenvalue weighted by Gasteiger charge is -1.98. The standard InChI is InChI=1S/2C8H6O4.C3H8.2C2H6/c2*9-7(10)5-3-1-2-4-6(5)8(11)12;1-3-2;2*1-2/h2*1-4H,(H,9,10)(H,11,12);3H2,1-2H3;2*1-2H3. The van der Waals surface area contributed by atoms with Crippen molar-refractivity contribution in [1.82, 2.24) is 0 Å². The SMILES string of the molecule is CC.CC.CCC.O=C(O)c1ccccc1C(=O)O.O=C(O)c1ccccc1C(=O)O. The Bertz CT molecular complexity index is 679. The van der Waals surface area contributed by atoms with Crippen molar-refractivity contribution in [2.45, 2.75) is 48.0 Å². The maximum atomic E-state index is 10.5. The number of carboxylic acid groups (broad SMARTS) is 4. The summed E-state index contributed by atoms with van der Waals surface area (Å²) in [5.74, 6) is -4.91. The fourth-order valence-electron chi connectivity index (χ4n) is 1.71. The van der Waals surface area contributed by atoms with E-state index in [0.717, 1.165) is 0 Å². The third kappa shape index (κ3) is 13.2. The van der Waals surface area contributed by atoms with Gasteiger partial charge in [-0.15, -0.1) is 0 Å². The predicted octanol–water partition coefficient (Wildman–Crippen LogP) is 5.63. The minimum atomic E-state index is -1.23. The quantitative estimate of drug-likeness (QED) is 0.481. The molecule has 0 aliphatic rings. The fraction of sp³-hybridized carbons (Fsp3) is 0.304. The average Bonchev–Trinajstić information content (AvgIpc) is 2.77. The molecule has 0 atom stereocenters. The van der Waals surface area contributed by atoms with E-state index in [2.05, 4.69) is 13.8 Å². The normalized spacial score (nSPS) is 8.19. The van der Waals surface area contributed by atoms with E-state index in [1.54, 1.807) is 0 Å². The predicted molar refractivity (Wildman–Crippen MR) is 119 cm³/mol. The van der Waals surface area contributed by atoms with E-state index in [0.29, 0.717) is 0 Å². The molecule has 0 saturated heterocycles. The average molecular weight is 437 g/mol. The van der Waals surface area contributed by atoms with E-state index in [4.69, 9.17) is 20.4 Å². The molecule has 172 valence electrons. The molecule has 0 saturated carbocycles. The van der Waals surface area contributed by atoms with Crippen LogP contribution in [0.2, 0.25) is 0 Å². The van der Waals surface area contributed by atoms with Gasteiger partial charge in [-0.05, 0) is 24.3 Å². The van der Waals surface area contributed by atoms with Crippen molar-refractivity contribution in [2.75, 3.05) is 0 Å². The molecule has 0 radical (unpaired) electrons. The van der Waals surface area contributed by atoms with Gasteiger partial charge in [-0.3, -0.25) is 0 Å². The highest BCUT2D eigenvalue weighted by Gasteiger charge is 2.14. The van der Waals surface area contributed by atoms with Crippen molar-refractivity contribution in [2.24, 2.45) is 0 Å². The van der Waals surface area contributed by atoms with Crippen LogP contribution < -0.4 is 0 Å². The summed E-state index contributed by atoms with van der Waals surface area (Å²) in [5, 5.41) is 34.2. The van der Waals surface area contributed by atoms with Gasteiger partial charge in [0.05, 0.1) is 22.3 Å². The summed E-state index contributed by atoms with van der Waals surface area (Å²) in [6.45, 7) is 12.2. The van der Waals surface area contributed by atoms with Gasteiger partial charge in [0.15, 0.2) is 0 Å². The molecule has 2 aromatic carbocycles. The third-order valence-electron chi connectivity index (χ3n) is 2.78. The lowest BCUT2D eigenvalue weighted by Crippen LogP contribution is -2.06. The molecule has 0 unspecified atom stereocenters. The maximum absolute atomic E-state index is 10.5. The van der Waals surface area contributed by atoms with Crippen LogP contribution >= 0.6 is 0 Å². The molecule has 0 spiro atoms. The fourth-order valence-corrected chi connectivity index (χ4v) is 1.71. The molecule has 0 fully saturated rings. The Kier molecular flexibility index (Phi) is 20.3. The van der Waals surface area contributed by atoms with E-state index in [9.17, 15) is 19.2 Å². The highest BCUT2D eigenvalue weighted by Crippen LogP contribution is 2.08. The monoisotopic (exact) mass is 436 g/mol. The van der Waals surface area contributed by atoms with Crippen LogP contribution in [0, 0.1) is 0 Å². The first-order valence-corrected chi connectivity index (χ1v) is 9.78. The molecular weight excluding hydrogens is 404 g/mol. The smallest absolute Gasteiger partial charge is 0.336 e. The van der Waals surface area contributed by atoms with Gasteiger partial charge in [0.25, 0.3) is 0 Å². The number of carboxylic acids is 4. The minimum absolute atomic E-state index is 0.190. The third-order valence-corrected chi connectivity index (χ3v) is 2.78. The van der Waals surface area contributed by atoms with Gasteiger partial charge in [0.1, 0.15) is 0 Å². The second-order valence-electron chi connectivity index (χ2n) is 5.02. The van der Waals surface area contributed by atoms with E-state index in [1.807, 2.05) is 27.7 Å².